The predicted octanol–water partition coefficient (Wildman–Crippen LogP) is 3.30. The predicted molar refractivity (Wildman–Crippen MR) is 60.7 cm³/mol. The lowest BCUT2D eigenvalue weighted by Gasteiger charge is -2.01. The molecule has 2 aromatic carbocycles. The molecule has 0 aliphatic heterocycles. The quantitative estimate of drug-likeness (QED) is 0.733. The van der Waals surface area contributed by atoms with Gasteiger partial charge in [-0.3, -0.25) is 0 Å². The molecule has 0 amide bonds. The maximum absolute atomic E-state index is 3.12. The van der Waals surface area contributed by atoms with E-state index in [1.807, 2.05) is 7.05 Å². The van der Waals surface area contributed by atoms with E-state index in [1.54, 1.807) is 0 Å². The van der Waals surface area contributed by atoms with Crippen molar-refractivity contribution < 1.29 is 0 Å². The first kappa shape index (κ1) is 9.87. The Kier molecular flexibility index (Phi) is 3.15. The molecule has 0 atom stereocenters. The summed E-state index contributed by atoms with van der Waals surface area (Å²) in [6.45, 7) is 0. The fraction of sp³-hybridized carbons (Fsp3) is 0.0909. The van der Waals surface area contributed by atoms with Crippen LogP contribution in [0.2, 0.25) is 0 Å². The zero-order chi connectivity index (χ0) is 8.39. The van der Waals surface area contributed by atoms with E-state index >= 15 is 0 Å². The SMILES string of the molecule is CNc1ccc2ccccc2c1.Cl. The molecular formula is C11H12ClN. The fourth-order valence-electron chi connectivity index (χ4n) is 1.34. The average Bonchev–Trinajstić information content (AvgIpc) is 2.17. The number of halogens is 1. The second-order valence-electron chi connectivity index (χ2n) is 2.81. The number of hydrogen-bond acceptors (Lipinski definition) is 1. The van der Waals surface area contributed by atoms with Crippen molar-refractivity contribution >= 4 is 28.9 Å². The fourth-order valence-corrected chi connectivity index (χ4v) is 1.34. The van der Waals surface area contributed by atoms with Crippen LogP contribution in [0.4, 0.5) is 5.69 Å². The standard InChI is InChI=1S/C11H11N.ClH/c1-12-11-7-6-9-4-2-3-5-10(9)8-11;/h2-8,12H,1H3;1H. The normalized spacial score (nSPS) is 9.31. The summed E-state index contributed by atoms with van der Waals surface area (Å²) in [6, 6.07) is 14.7. The Labute approximate surface area is 84.2 Å². The second-order valence-corrected chi connectivity index (χ2v) is 2.81. The Bertz CT molecular complexity index is 398. The van der Waals surface area contributed by atoms with Crippen LogP contribution < -0.4 is 5.32 Å². The Morgan fingerprint density at radius 1 is 0.923 bits per heavy atom. The van der Waals surface area contributed by atoms with Gasteiger partial charge in [-0.1, -0.05) is 30.3 Å². The summed E-state index contributed by atoms with van der Waals surface area (Å²) in [5.74, 6) is 0. The van der Waals surface area contributed by atoms with E-state index in [0.717, 1.165) is 5.69 Å². The van der Waals surface area contributed by atoms with E-state index in [0.29, 0.717) is 0 Å². The van der Waals surface area contributed by atoms with Crippen LogP contribution >= 0.6 is 12.4 Å². The molecule has 2 rings (SSSR count). The number of hydrogen-bond donors (Lipinski definition) is 1. The Morgan fingerprint density at radius 2 is 1.62 bits per heavy atom. The molecule has 0 aromatic heterocycles. The van der Waals surface area contributed by atoms with E-state index in [4.69, 9.17) is 0 Å². The Balaban J connectivity index is 0.000000845. The monoisotopic (exact) mass is 193 g/mol. The third-order valence-electron chi connectivity index (χ3n) is 2.04. The number of rotatable bonds is 1. The molecule has 13 heavy (non-hydrogen) atoms. The van der Waals surface area contributed by atoms with Crippen molar-refractivity contribution in [2.75, 3.05) is 12.4 Å². The molecule has 2 aromatic rings. The van der Waals surface area contributed by atoms with Crippen molar-refractivity contribution in [3.63, 3.8) is 0 Å². The highest BCUT2D eigenvalue weighted by molar-refractivity contribution is 5.85. The Morgan fingerprint density at radius 3 is 2.31 bits per heavy atom. The van der Waals surface area contributed by atoms with Crippen LogP contribution in [0.1, 0.15) is 0 Å². The lowest BCUT2D eigenvalue weighted by Crippen LogP contribution is -1.86. The molecule has 1 N–H and O–H groups in total. The molecule has 0 saturated carbocycles. The molecule has 0 heterocycles. The molecule has 2 heteroatoms. The van der Waals surface area contributed by atoms with Gasteiger partial charge in [0.2, 0.25) is 0 Å². The first-order valence-electron chi connectivity index (χ1n) is 4.07. The van der Waals surface area contributed by atoms with Gasteiger partial charge in [0.25, 0.3) is 0 Å². The van der Waals surface area contributed by atoms with Gasteiger partial charge in [-0.15, -0.1) is 12.4 Å². The number of anilines is 1. The van der Waals surface area contributed by atoms with Crippen molar-refractivity contribution in [3.05, 3.63) is 42.5 Å². The molecule has 0 fully saturated rings. The van der Waals surface area contributed by atoms with Crippen molar-refractivity contribution in [1.82, 2.24) is 0 Å². The number of fused-ring (bicyclic) bond motifs is 1. The minimum atomic E-state index is 0. The van der Waals surface area contributed by atoms with Crippen LogP contribution in [0.25, 0.3) is 10.8 Å². The van der Waals surface area contributed by atoms with Crippen molar-refractivity contribution in [3.8, 4) is 0 Å². The van der Waals surface area contributed by atoms with Crippen LogP contribution in [-0.4, -0.2) is 7.05 Å². The number of nitrogens with one attached hydrogen (secondary N) is 1. The van der Waals surface area contributed by atoms with Crippen LogP contribution in [0.3, 0.4) is 0 Å². The van der Waals surface area contributed by atoms with Gasteiger partial charge in [-0.25, -0.2) is 0 Å². The minimum Gasteiger partial charge on any atom is -0.388 e. The molecule has 1 nitrogen and oxygen atoms in total. The maximum atomic E-state index is 3.12. The largest absolute Gasteiger partial charge is 0.388 e. The van der Waals surface area contributed by atoms with E-state index in [-0.39, 0.29) is 12.4 Å². The lowest BCUT2D eigenvalue weighted by atomic mass is 10.1. The average molecular weight is 194 g/mol. The molecule has 68 valence electrons. The van der Waals surface area contributed by atoms with Gasteiger partial charge < -0.3 is 5.32 Å². The first-order chi connectivity index (χ1) is 5.90. The van der Waals surface area contributed by atoms with Crippen molar-refractivity contribution in [1.29, 1.82) is 0 Å². The summed E-state index contributed by atoms with van der Waals surface area (Å²) >= 11 is 0. The van der Waals surface area contributed by atoms with Crippen LogP contribution in [0.15, 0.2) is 42.5 Å². The zero-order valence-electron chi connectivity index (χ0n) is 7.45. The third kappa shape index (κ3) is 1.93. The molecule has 0 aliphatic carbocycles. The smallest absolute Gasteiger partial charge is 0.0343 e. The molecule has 0 unspecified atom stereocenters. The van der Waals surface area contributed by atoms with Gasteiger partial charge >= 0.3 is 0 Å². The van der Waals surface area contributed by atoms with Crippen LogP contribution in [0.5, 0.6) is 0 Å². The molecule has 0 bridgehead atoms. The summed E-state index contributed by atoms with van der Waals surface area (Å²) in [6.07, 6.45) is 0. The summed E-state index contributed by atoms with van der Waals surface area (Å²) < 4.78 is 0. The highest BCUT2D eigenvalue weighted by Crippen LogP contribution is 2.17. The molecule has 0 spiro atoms. The molecule has 0 radical (unpaired) electrons. The molecule has 0 saturated heterocycles. The highest BCUT2D eigenvalue weighted by Gasteiger charge is 1.91. The lowest BCUT2D eigenvalue weighted by molar-refractivity contribution is 1.53. The number of benzene rings is 2. The first-order valence-corrected chi connectivity index (χ1v) is 4.07. The van der Waals surface area contributed by atoms with Gasteiger partial charge in [0.15, 0.2) is 0 Å². The summed E-state index contributed by atoms with van der Waals surface area (Å²) in [5.41, 5.74) is 1.16. The van der Waals surface area contributed by atoms with E-state index in [2.05, 4.69) is 47.8 Å². The highest BCUT2D eigenvalue weighted by atomic mass is 35.5. The minimum absolute atomic E-state index is 0. The second kappa shape index (κ2) is 4.15. The topological polar surface area (TPSA) is 12.0 Å². The summed E-state index contributed by atoms with van der Waals surface area (Å²) in [5, 5.41) is 5.69. The van der Waals surface area contributed by atoms with Gasteiger partial charge in [0.05, 0.1) is 0 Å². The van der Waals surface area contributed by atoms with Crippen LogP contribution in [0, 0.1) is 0 Å². The van der Waals surface area contributed by atoms with E-state index < -0.39 is 0 Å². The summed E-state index contributed by atoms with van der Waals surface area (Å²) in [4.78, 5) is 0. The van der Waals surface area contributed by atoms with Gasteiger partial charge in [-0.2, -0.15) is 0 Å². The molecular weight excluding hydrogens is 182 g/mol. The van der Waals surface area contributed by atoms with Crippen molar-refractivity contribution in [2.45, 2.75) is 0 Å². The maximum Gasteiger partial charge on any atom is 0.0343 e. The van der Waals surface area contributed by atoms with Crippen molar-refractivity contribution in [2.24, 2.45) is 0 Å². The Hall–Kier alpha value is -1.21. The van der Waals surface area contributed by atoms with E-state index in [1.165, 1.54) is 10.8 Å². The summed E-state index contributed by atoms with van der Waals surface area (Å²) in [7, 11) is 1.93. The van der Waals surface area contributed by atoms with Gasteiger partial charge in [0.1, 0.15) is 0 Å². The van der Waals surface area contributed by atoms with Crippen LogP contribution in [-0.2, 0) is 0 Å². The molecule has 0 aliphatic rings. The van der Waals surface area contributed by atoms with E-state index in [9.17, 15) is 0 Å². The zero-order valence-corrected chi connectivity index (χ0v) is 8.27. The van der Waals surface area contributed by atoms with Gasteiger partial charge in [-0.05, 0) is 22.9 Å². The third-order valence-corrected chi connectivity index (χ3v) is 2.04. The van der Waals surface area contributed by atoms with Gasteiger partial charge in [0, 0.05) is 12.7 Å².